The van der Waals surface area contributed by atoms with Gasteiger partial charge in [0.1, 0.15) is 5.60 Å². The fourth-order valence-corrected chi connectivity index (χ4v) is 3.87. The van der Waals surface area contributed by atoms with Crippen molar-refractivity contribution in [1.82, 2.24) is 4.90 Å². The van der Waals surface area contributed by atoms with Crippen LogP contribution in [0, 0.1) is 15.9 Å². The van der Waals surface area contributed by atoms with E-state index >= 15 is 0 Å². The van der Waals surface area contributed by atoms with Gasteiger partial charge in [0.05, 0.1) is 27.2 Å². The normalized spacial score (nSPS) is 22.4. The zero-order valence-corrected chi connectivity index (χ0v) is 15.7. The first kappa shape index (κ1) is 17.9. The second-order valence-electron chi connectivity index (χ2n) is 7.34. The summed E-state index contributed by atoms with van der Waals surface area (Å²) >= 11 is 3.13. The molecule has 2 atom stereocenters. The topological polar surface area (TPSA) is 75.9 Å². The molecule has 2 saturated heterocycles. The zero-order chi connectivity index (χ0) is 18.5. The number of piperazine rings is 1. The Morgan fingerprint density at radius 1 is 1.36 bits per heavy atom. The Balaban J connectivity index is 1.76. The van der Waals surface area contributed by atoms with Gasteiger partial charge in [0, 0.05) is 19.1 Å². The fourth-order valence-electron chi connectivity index (χ4n) is 3.39. The summed E-state index contributed by atoms with van der Waals surface area (Å²) in [7, 11) is 0. The predicted octanol–water partition coefficient (Wildman–Crippen LogP) is 3.69. The third-order valence-corrected chi connectivity index (χ3v) is 5.03. The molecule has 0 unspecified atom stereocenters. The van der Waals surface area contributed by atoms with Crippen LogP contribution in [-0.4, -0.2) is 46.7 Å². The van der Waals surface area contributed by atoms with Gasteiger partial charge in [-0.25, -0.2) is 9.18 Å². The van der Waals surface area contributed by atoms with E-state index in [1.165, 1.54) is 6.07 Å². The summed E-state index contributed by atoms with van der Waals surface area (Å²) < 4.78 is 20.0. The van der Waals surface area contributed by atoms with Crippen LogP contribution in [0.4, 0.5) is 20.6 Å². The number of benzene rings is 1. The number of nitrogens with zero attached hydrogens (tertiary/aromatic N) is 3. The second kappa shape index (κ2) is 6.12. The fraction of sp³-hybridized carbons (Fsp3) is 0.562. The molecular weight excluding hydrogens is 397 g/mol. The summed E-state index contributed by atoms with van der Waals surface area (Å²) in [5.74, 6) is -0.633. The smallest absolute Gasteiger partial charge is 0.410 e. The highest BCUT2D eigenvalue weighted by atomic mass is 79.9. The van der Waals surface area contributed by atoms with Crippen molar-refractivity contribution < 1.29 is 18.8 Å². The Morgan fingerprint density at radius 3 is 2.56 bits per heavy atom. The monoisotopic (exact) mass is 415 g/mol. The number of hydrogen-bond acceptors (Lipinski definition) is 5. The van der Waals surface area contributed by atoms with Gasteiger partial charge in [-0.05, 0) is 49.2 Å². The number of rotatable bonds is 2. The molecule has 2 aliphatic rings. The van der Waals surface area contributed by atoms with Crippen LogP contribution in [0.5, 0.6) is 0 Å². The quantitative estimate of drug-likeness (QED) is 0.543. The van der Waals surface area contributed by atoms with Crippen LogP contribution in [-0.2, 0) is 4.74 Å². The van der Waals surface area contributed by atoms with Crippen LogP contribution in [0.15, 0.2) is 16.6 Å². The van der Waals surface area contributed by atoms with Gasteiger partial charge in [-0.1, -0.05) is 0 Å². The van der Waals surface area contributed by atoms with Gasteiger partial charge >= 0.3 is 6.09 Å². The molecule has 1 amide bonds. The van der Waals surface area contributed by atoms with E-state index in [1.54, 1.807) is 4.90 Å². The molecule has 0 aromatic heterocycles. The van der Waals surface area contributed by atoms with E-state index in [2.05, 4.69) is 15.9 Å². The summed E-state index contributed by atoms with van der Waals surface area (Å²) in [4.78, 5) is 26.1. The van der Waals surface area contributed by atoms with Gasteiger partial charge in [-0.15, -0.1) is 0 Å². The van der Waals surface area contributed by atoms with E-state index in [4.69, 9.17) is 4.74 Å². The van der Waals surface area contributed by atoms with Crippen molar-refractivity contribution in [3.63, 3.8) is 0 Å². The van der Waals surface area contributed by atoms with Crippen LogP contribution in [0.3, 0.4) is 0 Å². The summed E-state index contributed by atoms with van der Waals surface area (Å²) in [6, 6.07) is 2.29. The van der Waals surface area contributed by atoms with Crippen LogP contribution in [0.2, 0.25) is 0 Å². The van der Waals surface area contributed by atoms with Crippen molar-refractivity contribution in [2.24, 2.45) is 0 Å². The average molecular weight is 416 g/mol. The van der Waals surface area contributed by atoms with Crippen molar-refractivity contribution in [3.05, 3.63) is 32.5 Å². The molecule has 7 nitrogen and oxygen atoms in total. The van der Waals surface area contributed by atoms with Crippen molar-refractivity contribution in [2.75, 3.05) is 18.0 Å². The van der Waals surface area contributed by atoms with Crippen molar-refractivity contribution in [1.29, 1.82) is 0 Å². The highest BCUT2D eigenvalue weighted by Gasteiger charge is 2.47. The number of nitro benzene ring substituents is 1. The lowest BCUT2D eigenvalue weighted by molar-refractivity contribution is -0.385. The summed E-state index contributed by atoms with van der Waals surface area (Å²) in [5.41, 5.74) is -0.552. The van der Waals surface area contributed by atoms with Gasteiger partial charge in [0.15, 0.2) is 5.82 Å². The lowest BCUT2D eigenvalue weighted by Gasteiger charge is -2.36. The van der Waals surface area contributed by atoms with Crippen LogP contribution < -0.4 is 4.90 Å². The Bertz CT molecular complexity index is 737. The molecular formula is C16H19BrFN3O4. The standard InChI is InChI=1S/C16H19BrFN3O4/c1-16(2,3)25-15(22)20-8-9-4-10(20)7-19(9)14-5-11(17)13(21(23)24)6-12(14)18/h5-6,9-10H,4,7-8H2,1-3H3/t9-,10-/m0/s1. The minimum Gasteiger partial charge on any atom is -0.444 e. The molecule has 3 rings (SSSR count). The maximum atomic E-state index is 14.4. The number of fused-ring (bicyclic) bond motifs is 2. The van der Waals surface area contributed by atoms with E-state index < -0.39 is 16.3 Å². The Kier molecular flexibility index (Phi) is 4.38. The third-order valence-electron chi connectivity index (χ3n) is 4.39. The van der Waals surface area contributed by atoms with Gasteiger partial charge in [0.25, 0.3) is 5.69 Å². The Labute approximate surface area is 153 Å². The molecule has 0 aliphatic carbocycles. The second-order valence-corrected chi connectivity index (χ2v) is 8.19. The first-order valence-corrected chi connectivity index (χ1v) is 8.76. The Morgan fingerprint density at radius 2 is 2.04 bits per heavy atom. The zero-order valence-electron chi connectivity index (χ0n) is 14.2. The van der Waals surface area contributed by atoms with Crippen molar-refractivity contribution in [2.45, 2.75) is 44.9 Å². The highest BCUT2D eigenvalue weighted by molar-refractivity contribution is 9.10. The largest absolute Gasteiger partial charge is 0.444 e. The van der Waals surface area contributed by atoms with Gasteiger partial charge in [0.2, 0.25) is 0 Å². The van der Waals surface area contributed by atoms with Crippen LogP contribution >= 0.6 is 15.9 Å². The minimum atomic E-state index is -0.633. The number of hydrogen-bond donors (Lipinski definition) is 0. The maximum Gasteiger partial charge on any atom is 0.410 e. The maximum absolute atomic E-state index is 14.4. The molecule has 0 spiro atoms. The number of nitro groups is 1. The molecule has 1 aromatic rings. The van der Waals surface area contributed by atoms with E-state index in [-0.39, 0.29) is 28.3 Å². The van der Waals surface area contributed by atoms with Crippen LogP contribution in [0.1, 0.15) is 27.2 Å². The average Bonchev–Trinajstić information content (AvgIpc) is 3.07. The Hall–Kier alpha value is -1.90. The van der Waals surface area contributed by atoms with E-state index in [0.29, 0.717) is 18.8 Å². The molecule has 2 fully saturated rings. The molecule has 25 heavy (non-hydrogen) atoms. The van der Waals surface area contributed by atoms with E-state index in [0.717, 1.165) is 12.5 Å². The molecule has 9 heteroatoms. The predicted molar refractivity (Wildman–Crippen MR) is 93.2 cm³/mol. The highest BCUT2D eigenvalue weighted by Crippen LogP contribution is 2.39. The van der Waals surface area contributed by atoms with Gasteiger partial charge < -0.3 is 14.5 Å². The first-order valence-electron chi connectivity index (χ1n) is 7.96. The van der Waals surface area contributed by atoms with Crippen LogP contribution in [0.25, 0.3) is 0 Å². The lowest BCUT2D eigenvalue weighted by Crippen LogP contribution is -2.50. The van der Waals surface area contributed by atoms with Gasteiger partial charge in [-0.3, -0.25) is 10.1 Å². The minimum absolute atomic E-state index is 0.0274. The number of anilines is 1. The van der Waals surface area contributed by atoms with E-state index in [1.807, 2.05) is 25.7 Å². The summed E-state index contributed by atoms with van der Waals surface area (Å²) in [6.45, 7) is 6.37. The molecule has 0 N–H and O–H groups in total. The third kappa shape index (κ3) is 3.42. The number of carbonyl (C=O) groups is 1. The van der Waals surface area contributed by atoms with Crippen molar-refractivity contribution >= 4 is 33.4 Å². The first-order chi connectivity index (χ1) is 11.6. The lowest BCUT2D eigenvalue weighted by atomic mass is 10.2. The molecule has 136 valence electrons. The number of likely N-dealkylation sites (tertiary alicyclic amines) is 1. The molecule has 1 aromatic carbocycles. The number of halogens is 2. The summed E-state index contributed by atoms with van der Waals surface area (Å²) in [5, 5.41) is 10.9. The molecule has 2 heterocycles. The molecule has 2 aliphatic heterocycles. The van der Waals surface area contributed by atoms with E-state index in [9.17, 15) is 19.3 Å². The number of amides is 1. The molecule has 2 bridgehead atoms. The SMILES string of the molecule is CC(C)(C)OC(=O)N1C[C@@H]2C[C@H]1CN2c1cc(Br)c([N+](=O)[O-])cc1F. The number of carbonyl (C=O) groups excluding carboxylic acids is 1. The summed E-state index contributed by atoms with van der Waals surface area (Å²) in [6.07, 6.45) is 0.373. The molecule has 0 saturated carbocycles. The number of ether oxygens (including phenoxy) is 1. The van der Waals surface area contributed by atoms with Gasteiger partial charge in [-0.2, -0.15) is 0 Å². The van der Waals surface area contributed by atoms with Crippen molar-refractivity contribution in [3.8, 4) is 0 Å². The molecule has 0 radical (unpaired) electrons.